The largest absolute Gasteiger partial charge is 0.379 e. The van der Waals surface area contributed by atoms with E-state index in [1.807, 2.05) is 4.90 Å². The average molecular weight is 357 g/mol. The van der Waals surface area contributed by atoms with Crippen molar-refractivity contribution in [3.63, 3.8) is 0 Å². The van der Waals surface area contributed by atoms with Crippen molar-refractivity contribution in [2.45, 2.75) is 44.7 Å². The molecule has 1 aromatic carbocycles. The Labute approximate surface area is 156 Å². The number of anilines is 1. The van der Waals surface area contributed by atoms with Crippen molar-refractivity contribution >= 4 is 12.1 Å². The molecule has 5 nitrogen and oxygen atoms in total. The molecule has 3 heterocycles. The number of hydrogen-bond acceptors (Lipinski definition) is 4. The molecule has 0 aromatic heterocycles. The smallest absolute Gasteiger partial charge is 0.210 e. The predicted octanol–water partition coefficient (Wildman–Crippen LogP) is 2.24. The molecule has 0 radical (unpaired) electrons. The second-order valence-corrected chi connectivity index (χ2v) is 8.60. The third kappa shape index (κ3) is 3.47. The summed E-state index contributed by atoms with van der Waals surface area (Å²) in [5.41, 5.74) is 4.03. The van der Waals surface area contributed by atoms with Gasteiger partial charge in [0.05, 0.1) is 13.2 Å². The molecule has 142 valence electrons. The number of carbonyl (C=O) groups excluding carboxylic acids is 1. The van der Waals surface area contributed by atoms with Crippen LogP contribution in [-0.4, -0.2) is 68.2 Å². The molecule has 5 heteroatoms. The van der Waals surface area contributed by atoms with Crippen LogP contribution in [0.1, 0.15) is 37.8 Å². The van der Waals surface area contributed by atoms with Crippen LogP contribution in [0.3, 0.4) is 0 Å². The van der Waals surface area contributed by atoms with Crippen molar-refractivity contribution < 1.29 is 9.53 Å². The standard InChI is InChI=1S/C21H31N3O2/c1-21(2)15-22(16-25)14-17-13-19(3-4-20(17)21)23-7-5-18(6-8-23)24-9-11-26-12-10-24/h3-4,13,16,18H,5-12,14-15H2,1-2H3. The van der Waals surface area contributed by atoms with E-state index in [-0.39, 0.29) is 5.41 Å². The van der Waals surface area contributed by atoms with E-state index in [0.717, 1.165) is 58.9 Å². The van der Waals surface area contributed by atoms with Gasteiger partial charge >= 0.3 is 0 Å². The van der Waals surface area contributed by atoms with Crippen LogP contribution in [0.2, 0.25) is 0 Å². The first-order chi connectivity index (χ1) is 12.6. The fourth-order valence-corrected chi connectivity index (χ4v) is 4.94. The van der Waals surface area contributed by atoms with Gasteiger partial charge in [0.1, 0.15) is 0 Å². The highest BCUT2D eigenvalue weighted by Gasteiger charge is 2.32. The fourth-order valence-electron chi connectivity index (χ4n) is 4.94. The van der Waals surface area contributed by atoms with Crippen molar-refractivity contribution in [2.24, 2.45) is 0 Å². The summed E-state index contributed by atoms with van der Waals surface area (Å²) in [5, 5.41) is 0. The highest BCUT2D eigenvalue weighted by atomic mass is 16.5. The molecule has 0 aliphatic carbocycles. The summed E-state index contributed by atoms with van der Waals surface area (Å²) in [4.78, 5) is 18.4. The summed E-state index contributed by atoms with van der Waals surface area (Å²) in [7, 11) is 0. The summed E-state index contributed by atoms with van der Waals surface area (Å²) in [6.07, 6.45) is 3.44. The molecular weight excluding hydrogens is 326 g/mol. The lowest BCUT2D eigenvalue weighted by Crippen LogP contribution is -2.49. The number of fused-ring (bicyclic) bond motifs is 1. The number of carbonyl (C=O) groups is 1. The zero-order chi connectivity index (χ0) is 18.1. The summed E-state index contributed by atoms with van der Waals surface area (Å²) >= 11 is 0. The van der Waals surface area contributed by atoms with Gasteiger partial charge in [-0.1, -0.05) is 19.9 Å². The molecule has 0 unspecified atom stereocenters. The Morgan fingerprint density at radius 1 is 1.12 bits per heavy atom. The number of rotatable bonds is 3. The lowest BCUT2D eigenvalue weighted by Gasteiger charge is -2.42. The van der Waals surface area contributed by atoms with Gasteiger partial charge in [0, 0.05) is 56.4 Å². The Hall–Kier alpha value is -1.59. The quantitative estimate of drug-likeness (QED) is 0.778. The molecule has 0 atom stereocenters. The molecule has 2 fully saturated rings. The van der Waals surface area contributed by atoms with E-state index in [0.29, 0.717) is 6.04 Å². The van der Waals surface area contributed by atoms with E-state index in [9.17, 15) is 4.79 Å². The molecule has 0 saturated carbocycles. The minimum Gasteiger partial charge on any atom is -0.379 e. The summed E-state index contributed by atoms with van der Waals surface area (Å²) < 4.78 is 5.49. The first-order valence-electron chi connectivity index (χ1n) is 9.96. The van der Waals surface area contributed by atoms with Gasteiger partial charge < -0.3 is 14.5 Å². The topological polar surface area (TPSA) is 36.0 Å². The van der Waals surface area contributed by atoms with Gasteiger partial charge in [-0.05, 0) is 36.1 Å². The van der Waals surface area contributed by atoms with Gasteiger partial charge in [-0.25, -0.2) is 0 Å². The third-order valence-electron chi connectivity index (χ3n) is 6.33. The molecule has 0 N–H and O–H groups in total. The van der Waals surface area contributed by atoms with Crippen LogP contribution in [0, 0.1) is 0 Å². The SMILES string of the molecule is CC1(C)CN(C=O)Cc2cc(N3CCC(N4CCOCC4)CC3)ccc21. The number of ether oxygens (including phenoxy) is 1. The molecule has 26 heavy (non-hydrogen) atoms. The lowest BCUT2D eigenvalue weighted by molar-refractivity contribution is -0.119. The maximum Gasteiger partial charge on any atom is 0.210 e. The van der Waals surface area contributed by atoms with Gasteiger partial charge in [-0.3, -0.25) is 9.69 Å². The van der Waals surface area contributed by atoms with E-state index in [2.05, 4.69) is 41.8 Å². The number of amides is 1. The van der Waals surface area contributed by atoms with Crippen LogP contribution in [0.25, 0.3) is 0 Å². The van der Waals surface area contributed by atoms with Gasteiger partial charge in [0.15, 0.2) is 0 Å². The second kappa shape index (κ2) is 7.20. The number of nitrogens with zero attached hydrogens (tertiary/aromatic N) is 3. The molecule has 4 rings (SSSR count). The van der Waals surface area contributed by atoms with Crippen molar-refractivity contribution in [1.82, 2.24) is 9.80 Å². The van der Waals surface area contributed by atoms with Crippen LogP contribution < -0.4 is 4.90 Å². The Morgan fingerprint density at radius 2 is 1.85 bits per heavy atom. The number of benzene rings is 1. The summed E-state index contributed by atoms with van der Waals surface area (Å²) in [6, 6.07) is 7.60. The normalized spacial score (nSPS) is 24.4. The minimum absolute atomic E-state index is 0.0242. The molecule has 3 aliphatic rings. The third-order valence-corrected chi connectivity index (χ3v) is 6.33. The number of hydrogen-bond donors (Lipinski definition) is 0. The van der Waals surface area contributed by atoms with Crippen LogP contribution >= 0.6 is 0 Å². The second-order valence-electron chi connectivity index (χ2n) is 8.60. The zero-order valence-corrected chi connectivity index (χ0v) is 16.1. The number of piperidine rings is 1. The fraction of sp³-hybridized carbons (Fsp3) is 0.667. The number of morpholine rings is 1. The van der Waals surface area contributed by atoms with Crippen LogP contribution in [0.4, 0.5) is 5.69 Å². The first-order valence-corrected chi connectivity index (χ1v) is 9.96. The molecule has 0 spiro atoms. The summed E-state index contributed by atoms with van der Waals surface area (Å²) in [5.74, 6) is 0. The Balaban J connectivity index is 1.45. The van der Waals surface area contributed by atoms with Crippen molar-refractivity contribution in [3.05, 3.63) is 29.3 Å². The maximum absolute atomic E-state index is 11.3. The van der Waals surface area contributed by atoms with E-state index in [1.165, 1.54) is 29.7 Å². The molecule has 1 aromatic rings. The Morgan fingerprint density at radius 3 is 2.54 bits per heavy atom. The average Bonchev–Trinajstić information content (AvgIpc) is 2.68. The highest BCUT2D eigenvalue weighted by molar-refractivity contribution is 5.56. The van der Waals surface area contributed by atoms with Gasteiger partial charge in [-0.15, -0.1) is 0 Å². The van der Waals surface area contributed by atoms with Crippen molar-refractivity contribution in [3.8, 4) is 0 Å². The molecular formula is C21H31N3O2. The van der Waals surface area contributed by atoms with Crippen LogP contribution in [-0.2, 0) is 21.5 Å². The first kappa shape index (κ1) is 17.8. The monoisotopic (exact) mass is 357 g/mol. The highest BCUT2D eigenvalue weighted by Crippen LogP contribution is 2.35. The minimum atomic E-state index is 0.0242. The molecule has 2 saturated heterocycles. The maximum atomic E-state index is 11.3. The lowest BCUT2D eigenvalue weighted by atomic mass is 9.78. The van der Waals surface area contributed by atoms with Crippen molar-refractivity contribution in [1.29, 1.82) is 0 Å². The zero-order valence-electron chi connectivity index (χ0n) is 16.1. The predicted molar refractivity (Wildman–Crippen MR) is 104 cm³/mol. The van der Waals surface area contributed by atoms with E-state index in [4.69, 9.17) is 4.74 Å². The van der Waals surface area contributed by atoms with Crippen LogP contribution in [0.5, 0.6) is 0 Å². The Bertz CT molecular complexity index is 647. The van der Waals surface area contributed by atoms with E-state index in [1.54, 1.807) is 0 Å². The van der Waals surface area contributed by atoms with Gasteiger partial charge in [-0.2, -0.15) is 0 Å². The van der Waals surface area contributed by atoms with E-state index >= 15 is 0 Å². The van der Waals surface area contributed by atoms with Crippen LogP contribution in [0.15, 0.2) is 18.2 Å². The molecule has 0 bridgehead atoms. The van der Waals surface area contributed by atoms with Crippen molar-refractivity contribution in [2.75, 3.05) is 50.8 Å². The van der Waals surface area contributed by atoms with Gasteiger partial charge in [0.2, 0.25) is 6.41 Å². The molecule has 1 amide bonds. The summed E-state index contributed by atoms with van der Waals surface area (Å²) in [6.45, 7) is 12.2. The van der Waals surface area contributed by atoms with E-state index < -0.39 is 0 Å². The molecule has 3 aliphatic heterocycles. The van der Waals surface area contributed by atoms with Gasteiger partial charge in [0.25, 0.3) is 0 Å². The Kier molecular flexibility index (Phi) is 4.93.